The predicted octanol–water partition coefficient (Wildman–Crippen LogP) is 3.53. The molecule has 1 aromatic carbocycles. The van der Waals surface area contributed by atoms with Crippen molar-refractivity contribution in [3.05, 3.63) is 29.1 Å². The maximum Gasteiger partial charge on any atom is 0.273 e. The Bertz CT molecular complexity index is 508. The molecule has 0 fully saturated rings. The number of methoxy groups -OCH3 is 1. The number of hydrogen-bond acceptors (Lipinski definition) is 4. The molecular weight excluding hydrogens is 234 g/mol. The van der Waals surface area contributed by atoms with E-state index in [9.17, 15) is 0 Å². The molecule has 0 aliphatic rings. The number of nitrogens with zero attached hydrogens (tertiary/aromatic N) is 1. The van der Waals surface area contributed by atoms with Gasteiger partial charge in [0.25, 0.3) is 5.19 Å². The molecule has 2 rings (SSSR count). The predicted molar refractivity (Wildman–Crippen MR) is 70.0 cm³/mol. The van der Waals surface area contributed by atoms with E-state index in [0.29, 0.717) is 11.8 Å². The van der Waals surface area contributed by atoms with Crippen LogP contribution in [0, 0.1) is 6.92 Å². The third kappa shape index (κ3) is 2.58. The van der Waals surface area contributed by atoms with Crippen molar-refractivity contribution in [2.75, 3.05) is 13.7 Å². The number of benzene rings is 1. The van der Waals surface area contributed by atoms with Crippen LogP contribution >= 0.6 is 11.3 Å². The van der Waals surface area contributed by atoms with Gasteiger partial charge >= 0.3 is 0 Å². The average molecular weight is 249 g/mol. The Morgan fingerprint density at radius 2 is 2.18 bits per heavy atom. The molecule has 0 aliphatic carbocycles. The molecule has 3 nitrogen and oxygen atoms in total. The van der Waals surface area contributed by atoms with Crippen molar-refractivity contribution in [2.24, 2.45) is 0 Å². The van der Waals surface area contributed by atoms with E-state index in [4.69, 9.17) is 9.47 Å². The lowest BCUT2D eigenvalue weighted by Crippen LogP contribution is -1.94. The third-order valence-electron chi connectivity index (χ3n) is 2.43. The van der Waals surface area contributed by atoms with E-state index < -0.39 is 0 Å². The summed E-state index contributed by atoms with van der Waals surface area (Å²) in [6, 6.07) is 6.09. The van der Waals surface area contributed by atoms with Gasteiger partial charge in [-0.1, -0.05) is 11.3 Å². The fourth-order valence-electron chi connectivity index (χ4n) is 1.61. The Kier molecular flexibility index (Phi) is 3.64. The van der Waals surface area contributed by atoms with Gasteiger partial charge in [-0.15, -0.1) is 0 Å². The van der Waals surface area contributed by atoms with Gasteiger partial charge in [0.2, 0.25) is 0 Å². The highest BCUT2D eigenvalue weighted by atomic mass is 32.1. The summed E-state index contributed by atoms with van der Waals surface area (Å²) in [7, 11) is 1.63. The number of thiazole rings is 1. The first kappa shape index (κ1) is 11.9. The van der Waals surface area contributed by atoms with Crippen molar-refractivity contribution in [3.63, 3.8) is 0 Å². The molecular formula is C13H15NO2S. The number of aryl methyl sites for hydroxylation is 1. The molecule has 0 saturated carbocycles. The van der Waals surface area contributed by atoms with Crippen LogP contribution in [0.2, 0.25) is 0 Å². The Labute approximate surface area is 105 Å². The zero-order chi connectivity index (χ0) is 12.3. The second-order valence-electron chi connectivity index (χ2n) is 3.62. The van der Waals surface area contributed by atoms with Gasteiger partial charge in [-0.25, -0.2) is 4.98 Å². The molecule has 1 aromatic heterocycles. The second-order valence-corrected chi connectivity index (χ2v) is 4.44. The van der Waals surface area contributed by atoms with Crippen molar-refractivity contribution in [3.8, 4) is 22.2 Å². The van der Waals surface area contributed by atoms with Crippen molar-refractivity contribution in [1.82, 2.24) is 4.98 Å². The van der Waals surface area contributed by atoms with Crippen LogP contribution < -0.4 is 9.47 Å². The molecule has 90 valence electrons. The minimum absolute atomic E-state index is 0.685. The van der Waals surface area contributed by atoms with Gasteiger partial charge in [-0.2, -0.15) is 0 Å². The first-order valence-electron chi connectivity index (χ1n) is 5.48. The van der Waals surface area contributed by atoms with Crippen LogP contribution in [0.5, 0.6) is 10.9 Å². The zero-order valence-corrected chi connectivity index (χ0v) is 11.0. The maximum absolute atomic E-state index is 5.51. The third-order valence-corrected chi connectivity index (χ3v) is 3.23. The lowest BCUT2D eigenvalue weighted by Gasteiger charge is -2.07. The van der Waals surface area contributed by atoms with Crippen LogP contribution in [0.1, 0.15) is 12.5 Å². The van der Waals surface area contributed by atoms with Gasteiger partial charge < -0.3 is 9.47 Å². The normalized spacial score (nSPS) is 10.3. The maximum atomic E-state index is 5.51. The Balaban J connectivity index is 2.30. The summed E-state index contributed by atoms with van der Waals surface area (Å²) in [6.07, 6.45) is 0. The monoisotopic (exact) mass is 249 g/mol. The van der Waals surface area contributed by atoms with Gasteiger partial charge in [0.05, 0.1) is 19.4 Å². The summed E-state index contributed by atoms with van der Waals surface area (Å²) in [5, 5.41) is 2.68. The van der Waals surface area contributed by atoms with Crippen molar-refractivity contribution in [1.29, 1.82) is 0 Å². The van der Waals surface area contributed by atoms with Gasteiger partial charge in [-0.05, 0) is 37.6 Å². The summed E-state index contributed by atoms with van der Waals surface area (Å²) in [5.41, 5.74) is 3.15. The average Bonchev–Trinajstić information content (AvgIpc) is 2.80. The number of rotatable bonds is 4. The molecule has 2 aromatic rings. The fraction of sp³-hybridized carbons (Fsp3) is 0.308. The number of aromatic nitrogens is 1. The van der Waals surface area contributed by atoms with E-state index >= 15 is 0 Å². The Morgan fingerprint density at radius 3 is 2.76 bits per heavy atom. The molecule has 0 saturated heterocycles. The first-order valence-corrected chi connectivity index (χ1v) is 6.36. The van der Waals surface area contributed by atoms with Crippen LogP contribution in [0.15, 0.2) is 23.6 Å². The van der Waals surface area contributed by atoms with Crippen LogP contribution in [0.3, 0.4) is 0 Å². The molecule has 4 heteroatoms. The van der Waals surface area contributed by atoms with Gasteiger partial charge in [0, 0.05) is 10.9 Å². The number of hydrogen-bond donors (Lipinski definition) is 0. The first-order chi connectivity index (χ1) is 8.24. The molecule has 0 spiro atoms. The highest BCUT2D eigenvalue weighted by Gasteiger charge is 2.06. The van der Waals surface area contributed by atoms with E-state index in [1.165, 1.54) is 11.3 Å². The minimum Gasteiger partial charge on any atom is -0.494 e. The Morgan fingerprint density at radius 1 is 1.35 bits per heavy atom. The lowest BCUT2D eigenvalue weighted by molar-refractivity contribution is 0.338. The van der Waals surface area contributed by atoms with Gasteiger partial charge in [0.15, 0.2) is 0 Å². The van der Waals surface area contributed by atoms with Crippen LogP contribution in [0.4, 0.5) is 0 Å². The molecule has 1 heterocycles. The van der Waals surface area contributed by atoms with Gasteiger partial charge in [-0.3, -0.25) is 0 Å². The molecule has 0 unspecified atom stereocenters. The van der Waals surface area contributed by atoms with Crippen LogP contribution in [-0.4, -0.2) is 18.7 Å². The van der Waals surface area contributed by atoms with E-state index in [1.54, 1.807) is 7.11 Å². The number of ether oxygens (including phenoxy) is 2. The van der Waals surface area contributed by atoms with E-state index in [0.717, 1.165) is 22.6 Å². The van der Waals surface area contributed by atoms with E-state index in [2.05, 4.69) is 11.1 Å². The fourth-order valence-corrected chi connectivity index (χ4v) is 2.26. The highest BCUT2D eigenvalue weighted by Crippen LogP contribution is 2.29. The summed E-state index contributed by atoms with van der Waals surface area (Å²) in [4.78, 5) is 4.37. The second kappa shape index (κ2) is 5.19. The van der Waals surface area contributed by atoms with Gasteiger partial charge in [0.1, 0.15) is 5.75 Å². The quantitative estimate of drug-likeness (QED) is 0.830. The summed E-state index contributed by atoms with van der Waals surface area (Å²) < 4.78 is 10.6. The Hall–Kier alpha value is -1.55. The van der Waals surface area contributed by atoms with E-state index in [1.807, 2.05) is 31.4 Å². The van der Waals surface area contributed by atoms with Crippen molar-refractivity contribution < 1.29 is 9.47 Å². The highest BCUT2D eigenvalue weighted by molar-refractivity contribution is 7.11. The van der Waals surface area contributed by atoms with Crippen molar-refractivity contribution >= 4 is 11.3 Å². The molecule has 0 aliphatic heterocycles. The molecule has 0 amide bonds. The molecule has 0 bridgehead atoms. The van der Waals surface area contributed by atoms with Crippen LogP contribution in [-0.2, 0) is 0 Å². The lowest BCUT2D eigenvalue weighted by atomic mass is 10.1. The topological polar surface area (TPSA) is 31.4 Å². The smallest absolute Gasteiger partial charge is 0.273 e. The standard InChI is InChI=1S/C13H15NO2S/c1-4-16-12-6-5-10(7-9(12)2)11-8-17-13(14-11)15-3/h5-8H,4H2,1-3H3. The largest absolute Gasteiger partial charge is 0.494 e. The van der Waals surface area contributed by atoms with Crippen LogP contribution in [0.25, 0.3) is 11.3 Å². The van der Waals surface area contributed by atoms with Crippen molar-refractivity contribution in [2.45, 2.75) is 13.8 Å². The summed E-state index contributed by atoms with van der Waals surface area (Å²) in [6.45, 7) is 4.71. The van der Waals surface area contributed by atoms with E-state index in [-0.39, 0.29) is 0 Å². The molecule has 0 radical (unpaired) electrons. The molecule has 0 N–H and O–H groups in total. The zero-order valence-electron chi connectivity index (χ0n) is 10.2. The summed E-state index contributed by atoms with van der Waals surface area (Å²) in [5.74, 6) is 0.929. The SMILES string of the molecule is CCOc1ccc(-c2csc(OC)n2)cc1C. The molecule has 17 heavy (non-hydrogen) atoms. The molecule has 0 atom stereocenters. The summed E-state index contributed by atoms with van der Waals surface area (Å²) >= 11 is 1.50. The minimum atomic E-state index is 0.685.